The Balaban J connectivity index is 2.96. The number of hydrogen-bond acceptors (Lipinski definition) is 2. The molecule has 1 aromatic carbocycles. The number of nitrogens with zero attached hydrogens (tertiary/aromatic N) is 2. The van der Waals surface area contributed by atoms with Crippen LogP contribution in [0.1, 0.15) is 5.56 Å². The average molecular weight is 293 g/mol. The highest BCUT2D eigenvalue weighted by Crippen LogP contribution is 2.25. The summed E-state index contributed by atoms with van der Waals surface area (Å²) in [5.74, 6) is 0. The lowest BCUT2D eigenvalue weighted by atomic mass is 10.2. The molecule has 0 atom stereocenters. The zero-order valence-electron chi connectivity index (χ0n) is 8.35. The average Bonchev–Trinajstić information content (AvgIpc) is 2.14. The molecule has 0 heterocycles. The highest BCUT2D eigenvalue weighted by atomic mass is 79.9. The smallest absolute Gasteiger partial charge is 0.366 e. The largest absolute Gasteiger partial charge is 0.405 e. The summed E-state index contributed by atoms with van der Waals surface area (Å²) < 4.78 is 37.0. The summed E-state index contributed by atoms with van der Waals surface area (Å²) in [6.07, 6.45) is -4.26. The Labute approximate surface area is 99.4 Å². The van der Waals surface area contributed by atoms with E-state index in [0.29, 0.717) is 15.7 Å². The minimum atomic E-state index is -4.26. The van der Waals surface area contributed by atoms with Crippen molar-refractivity contribution in [3.05, 3.63) is 28.2 Å². The lowest BCUT2D eigenvalue weighted by Gasteiger charge is -2.21. The van der Waals surface area contributed by atoms with Gasteiger partial charge in [0.1, 0.15) is 6.54 Å². The molecule has 6 heteroatoms. The van der Waals surface area contributed by atoms with Crippen molar-refractivity contribution >= 4 is 21.6 Å². The molecule has 0 radical (unpaired) electrons. The van der Waals surface area contributed by atoms with Gasteiger partial charge in [0.05, 0.1) is 11.6 Å². The van der Waals surface area contributed by atoms with Gasteiger partial charge < -0.3 is 4.90 Å². The third-order valence-electron chi connectivity index (χ3n) is 1.87. The van der Waals surface area contributed by atoms with Crippen LogP contribution < -0.4 is 4.90 Å². The molecule has 0 saturated carbocycles. The Morgan fingerprint density at radius 3 is 2.50 bits per heavy atom. The van der Waals surface area contributed by atoms with E-state index in [9.17, 15) is 13.2 Å². The van der Waals surface area contributed by atoms with Crippen LogP contribution in [0, 0.1) is 11.3 Å². The minimum Gasteiger partial charge on any atom is -0.366 e. The maximum absolute atomic E-state index is 12.2. The van der Waals surface area contributed by atoms with E-state index in [2.05, 4.69) is 15.9 Å². The maximum Gasteiger partial charge on any atom is 0.405 e. The van der Waals surface area contributed by atoms with Gasteiger partial charge >= 0.3 is 6.18 Å². The molecule has 0 aliphatic heterocycles. The van der Waals surface area contributed by atoms with Gasteiger partial charge in [0.25, 0.3) is 0 Å². The van der Waals surface area contributed by atoms with Crippen molar-refractivity contribution in [2.45, 2.75) is 6.18 Å². The molecule has 2 nitrogen and oxygen atoms in total. The molecule has 86 valence electrons. The number of halogens is 4. The second-order valence-corrected chi connectivity index (χ2v) is 4.20. The van der Waals surface area contributed by atoms with Gasteiger partial charge in [-0.25, -0.2) is 0 Å². The minimum absolute atomic E-state index is 0.318. The molecule has 0 saturated heterocycles. The van der Waals surface area contributed by atoms with E-state index < -0.39 is 12.7 Å². The Hall–Kier alpha value is -1.22. The van der Waals surface area contributed by atoms with Gasteiger partial charge in [-0.2, -0.15) is 18.4 Å². The summed E-state index contributed by atoms with van der Waals surface area (Å²) in [7, 11) is 1.33. The van der Waals surface area contributed by atoms with E-state index in [0.717, 1.165) is 4.90 Å². The summed E-state index contributed by atoms with van der Waals surface area (Å²) in [6, 6.07) is 6.38. The fraction of sp³-hybridized carbons (Fsp3) is 0.300. The van der Waals surface area contributed by atoms with Crippen molar-refractivity contribution < 1.29 is 13.2 Å². The summed E-state index contributed by atoms with van der Waals surface area (Å²) in [6.45, 7) is -1.05. The number of anilines is 1. The molecule has 1 rings (SSSR count). The highest BCUT2D eigenvalue weighted by Gasteiger charge is 2.29. The molecule has 0 spiro atoms. The van der Waals surface area contributed by atoms with Gasteiger partial charge in [-0.3, -0.25) is 0 Å². The molecule has 0 aliphatic rings. The standard InChI is InChI=1S/C10H8BrF3N2/c1-16(6-10(12,13)14)9-3-7(5-15)2-8(11)4-9/h2-4H,6H2,1H3. The van der Waals surface area contributed by atoms with Crippen LogP contribution in [0.4, 0.5) is 18.9 Å². The number of benzene rings is 1. The lowest BCUT2D eigenvalue weighted by molar-refractivity contribution is -0.119. The van der Waals surface area contributed by atoms with Crippen LogP contribution in [0.15, 0.2) is 22.7 Å². The summed E-state index contributed by atoms with van der Waals surface area (Å²) in [4.78, 5) is 1.05. The van der Waals surface area contributed by atoms with Gasteiger partial charge in [-0.05, 0) is 18.2 Å². The van der Waals surface area contributed by atoms with Crippen LogP contribution in [0.5, 0.6) is 0 Å². The molecule has 0 N–H and O–H groups in total. The molecular weight excluding hydrogens is 285 g/mol. The topological polar surface area (TPSA) is 27.0 Å². The fourth-order valence-corrected chi connectivity index (χ4v) is 1.70. The molecule has 1 aromatic rings. The first-order valence-electron chi connectivity index (χ1n) is 4.30. The number of rotatable bonds is 2. The number of nitriles is 1. The Kier molecular flexibility index (Phi) is 3.81. The Bertz CT molecular complexity index is 423. The second kappa shape index (κ2) is 4.74. The summed E-state index contributed by atoms with van der Waals surface area (Å²) >= 11 is 3.14. The van der Waals surface area contributed by atoms with Gasteiger partial charge in [-0.15, -0.1) is 0 Å². The van der Waals surface area contributed by atoms with Crippen molar-refractivity contribution in [2.24, 2.45) is 0 Å². The molecule has 0 unspecified atom stereocenters. The van der Waals surface area contributed by atoms with Crippen LogP contribution in [-0.4, -0.2) is 19.8 Å². The molecule has 0 amide bonds. The first-order valence-corrected chi connectivity index (χ1v) is 5.10. The van der Waals surface area contributed by atoms with Crippen molar-refractivity contribution in [1.29, 1.82) is 5.26 Å². The number of alkyl halides is 3. The van der Waals surface area contributed by atoms with E-state index in [1.54, 1.807) is 6.07 Å². The molecule has 0 bridgehead atoms. The number of hydrogen-bond donors (Lipinski definition) is 0. The zero-order valence-corrected chi connectivity index (χ0v) is 9.93. The predicted molar refractivity (Wildman–Crippen MR) is 58.2 cm³/mol. The van der Waals surface area contributed by atoms with Crippen molar-refractivity contribution in [3.63, 3.8) is 0 Å². The SMILES string of the molecule is CN(CC(F)(F)F)c1cc(Br)cc(C#N)c1. The Morgan fingerprint density at radius 1 is 1.38 bits per heavy atom. The van der Waals surface area contributed by atoms with Crippen LogP contribution in [0.3, 0.4) is 0 Å². The van der Waals surface area contributed by atoms with Crippen molar-refractivity contribution in [1.82, 2.24) is 0 Å². The third-order valence-corrected chi connectivity index (χ3v) is 2.33. The molecule has 0 aromatic heterocycles. The van der Waals surface area contributed by atoms with Gasteiger partial charge in [-0.1, -0.05) is 15.9 Å². The first kappa shape index (κ1) is 12.8. The van der Waals surface area contributed by atoms with E-state index in [4.69, 9.17) is 5.26 Å². The summed E-state index contributed by atoms with van der Waals surface area (Å²) in [5, 5.41) is 8.69. The highest BCUT2D eigenvalue weighted by molar-refractivity contribution is 9.10. The van der Waals surface area contributed by atoms with E-state index in [-0.39, 0.29) is 0 Å². The van der Waals surface area contributed by atoms with Crippen molar-refractivity contribution in [3.8, 4) is 6.07 Å². The van der Waals surface area contributed by atoms with Gasteiger partial charge in [0.2, 0.25) is 0 Å². The lowest BCUT2D eigenvalue weighted by Crippen LogP contribution is -2.30. The molecule has 16 heavy (non-hydrogen) atoms. The van der Waals surface area contributed by atoms with E-state index >= 15 is 0 Å². The summed E-state index contributed by atoms with van der Waals surface area (Å²) in [5.41, 5.74) is 0.668. The first-order chi connectivity index (χ1) is 7.31. The van der Waals surface area contributed by atoms with Crippen molar-refractivity contribution in [2.75, 3.05) is 18.5 Å². The maximum atomic E-state index is 12.2. The van der Waals surface area contributed by atoms with Crippen LogP contribution in [0.2, 0.25) is 0 Å². The second-order valence-electron chi connectivity index (χ2n) is 3.28. The zero-order chi connectivity index (χ0) is 12.3. The molecular formula is C10H8BrF3N2. The molecule has 0 aliphatic carbocycles. The monoisotopic (exact) mass is 292 g/mol. The predicted octanol–water partition coefficient (Wildman–Crippen LogP) is 3.32. The Morgan fingerprint density at radius 2 is 2.00 bits per heavy atom. The normalized spacial score (nSPS) is 11.0. The van der Waals surface area contributed by atoms with E-state index in [1.807, 2.05) is 6.07 Å². The van der Waals surface area contributed by atoms with Crippen LogP contribution in [0.25, 0.3) is 0 Å². The third kappa shape index (κ3) is 3.74. The quantitative estimate of drug-likeness (QED) is 0.836. The van der Waals surface area contributed by atoms with Crippen LogP contribution in [-0.2, 0) is 0 Å². The molecule has 0 fully saturated rings. The van der Waals surface area contributed by atoms with Gasteiger partial charge in [0.15, 0.2) is 0 Å². The van der Waals surface area contributed by atoms with Crippen LogP contribution >= 0.6 is 15.9 Å². The fourth-order valence-electron chi connectivity index (χ4n) is 1.22. The van der Waals surface area contributed by atoms with E-state index in [1.165, 1.54) is 19.2 Å². The van der Waals surface area contributed by atoms with Gasteiger partial charge in [0, 0.05) is 17.2 Å².